The fourth-order valence-corrected chi connectivity index (χ4v) is 1.65. The molecule has 1 fully saturated rings. The number of amides is 1. The van der Waals surface area contributed by atoms with Gasteiger partial charge < -0.3 is 14.3 Å². The van der Waals surface area contributed by atoms with Crippen molar-refractivity contribution in [2.45, 2.75) is 46.1 Å². The summed E-state index contributed by atoms with van der Waals surface area (Å²) < 4.78 is 10.1. The zero-order chi connectivity index (χ0) is 15.4. The Morgan fingerprint density at radius 3 is 2.30 bits per heavy atom. The molecule has 0 aliphatic heterocycles. The maximum atomic E-state index is 11.9. The van der Waals surface area contributed by atoms with Crippen molar-refractivity contribution in [1.29, 1.82) is 0 Å². The summed E-state index contributed by atoms with van der Waals surface area (Å²) in [6.07, 6.45) is 0.376. The average molecular weight is 287 g/mol. The molecule has 1 saturated carbocycles. The van der Waals surface area contributed by atoms with Gasteiger partial charge in [-0.1, -0.05) is 0 Å². The molecule has 0 N–H and O–H groups in total. The van der Waals surface area contributed by atoms with Gasteiger partial charge in [0.15, 0.2) is 0 Å². The number of rotatable bonds is 6. The van der Waals surface area contributed by atoms with Crippen LogP contribution in [0.3, 0.4) is 0 Å². The zero-order valence-electron chi connectivity index (χ0n) is 12.3. The first-order chi connectivity index (χ1) is 9.24. The molecule has 0 aromatic heterocycles. The smallest absolute Gasteiger partial charge is 0.443 e. The first-order valence-corrected chi connectivity index (χ1v) is 6.52. The summed E-state index contributed by atoms with van der Waals surface area (Å²) >= 11 is 0. The van der Waals surface area contributed by atoms with Crippen molar-refractivity contribution < 1.29 is 28.7 Å². The Kier molecular flexibility index (Phi) is 4.97. The van der Waals surface area contributed by atoms with Crippen LogP contribution in [0.4, 0.5) is 4.79 Å². The van der Waals surface area contributed by atoms with Crippen LogP contribution in [-0.2, 0) is 23.9 Å². The predicted molar refractivity (Wildman–Crippen MR) is 68.4 cm³/mol. The fraction of sp³-hybridized carbons (Fsp3) is 0.769. The molecule has 0 aromatic carbocycles. The maximum absolute atomic E-state index is 11.9. The Labute approximate surface area is 118 Å². The van der Waals surface area contributed by atoms with E-state index < -0.39 is 17.1 Å². The minimum atomic E-state index is -0.805. The Bertz CT molecular complexity index is 383. The molecule has 0 saturated heterocycles. The lowest BCUT2D eigenvalue weighted by atomic mass is 10.1. The van der Waals surface area contributed by atoms with E-state index in [2.05, 4.69) is 4.84 Å². The number of hydrogen-bond donors (Lipinski definition) is 0. The number of carbonyl (C=O) groups is 3. The second-order valence-electron chi connectivity index (χ2n) is 5.72. The molecule has 114 valence electrons. The van der Waals surface area contributed by atoms with E-state index >= 15 is 0 Å². The Hall–Kier alpha value is -1.79. The van der Waals surface area contributed by atoms with E-state index in [-0.39, 0.29) is 25.6 Å². The van der Waals surface area contributed by atoms with Gasteiger partial charge in [-0.25, -0.2) is 4.79 Å². The highest BCUT2D eigenvalue weighted by Gasteiger charge is 2.54. The Balaban J connectivity index is 2.70. The van der Waals surface area contributed by atoms with E-state index in [1.54, 1.807) is 27.7 Å². The van der Waals surface area contributed by atoms with E-state index in [0.29, 0.717) is 12.8 Å². The van der Waals surface area contributed by atoms with Crippen LogP contribution in [0.5, 0.6) is 0 Å². The summed E-state index contributed by atoms with van der Waals surface area (Å²) in [7, 11) is 0. The van der Waals surface area contributed by atoms with Gasteiger partial charge >= 0.3 is 18.5 Å². The quantitative estimate of drug-likeness (QED) is 0.420. The summed E-state index contributed by atoms with van der Waals surface area (Å²) in [6.45, 7) is 7.14. The lowest BCUT2D eigenvalue weighted by molar-refractivity contribution is -0.176. The highest BCUT2D eigenvalue weighted by atomic mass is 16.7. The predicted octanol–water partition coefficient (Wildman–Crippen LogP) is 1.65. The zero-order valence-corrected chi connectivity index (χ0v) is 12.3. The number of ether oxygens (including phenoxy) is 2. The van der Waals surface area contributed by atoms with E-state index in [4.69, 9.17) is 9.47 Å². The molecule has 0 spiro atoms. The van der Waals surface area contributed by atoms with E-state index in [9.17, 15) is 14.4 Å². The third kappa shape index (κ3) is 4.40. The first kappa shape index (κ1) is 16.3. The number of hydrogen-bond acceptors (Lipinski definition) is 6. The maximum Gasteiger partial charge on any atom is 0.443 e. The molecular weight excluding hydrogens is 266 g/mol. The first-order valence-electron chi connectivity index (χ1n) is 6.52. The summed E-state index contributed by atoms with van der Waals surface area (Å²) in [4.78, 5) is 38.9. The van der Waals surface area contributed by atoms with Gasteiger partial charge in [-0.15, -0.1) is 5.06 Å². The monoisotopic (exact) mass is 287 g/mol. The molecule has 0 aromatic rings. The normalized spacial score (nSPS) is 16.0. The summed E-state index contributed by atoms with van der Waals surface area (Å²) in [5.41, 5.74) is -1.50. The van der Waals surface area contributed by atoms with Gasteiger partial charge in [0.1, 0.15) is 5.60 Å². The lowest BCUT2D eigenvalue weighted by Crippen LogP contribution is -2.42. The number of hydroxylamine groups is 2. The van der Waals surface area contributed by atoms with Gasteiger partial charge in [0.05, 0.1) is 18.6 Å². The van der Waals surface area contributed by atoms with Gasteiger partial charge in [0.25, 0.3) is 0 Å². The van der Waals surface area contributed by atoms with Crippen molar-refractivity contribution in [3.63, 3.8) is 0 Å². The average Bonchev–Trinajstić information content (AvgIpc) is 3.07. The van der Waals surface area contributed by atoms with E-state index in [1.807, 2.05) is 0 Å². The molecule has 0 heterocycles. The van der Waals surface area contributed by atoms with Crippen LogP contribution >= 0.6 is 0 Å². The van der Waals surface area contributed by atoms with Gasteiger partial charge in [0, 0.05) is 0 Å². The van der Waals surface area contributed by atoms with Gasteiger partial charge in [0.2, 0.25) is 0 Å². The van der Waals surface area contributed by atoms with E-state index in [0.717, 1.165) is 5.06 Å². The molecule has 1 amide bonds. The van der Waals surface area contributed by atoms with Crippen molar-refractivity contribution in [3.05, 3.63) is 0 Å². The molecule has 0 bridgehead atoms. The van der Waals surface area contributed by atoms with Gasteiger partial charge in [-0.3, -0.25) is 9.59 Å². The van der Waals surface area contributed by atoms with Crippen LogP contribution in [0.15, 0.2) is 0 Å². The third-order valence-electron chi connectivity index (χ3n) is 2.78. The van der Waals surface area contributed by atoms with Gasteiger partial charge in [-0.2, -0.15) is 0 Å². The lowest BCUT2D eigenvalue weighted by Gasteiger charge is -2.27. The van der Waals surface area contributed by atoms with Crippen LogP contribution in [-0.4, -0.2) is 42.4 Å². The Morgan fingerprint density at radius 1 is 1.30 bits per heavy atom. The highest BCUT2D eigenvalue weighted by Crippen LogP contribution is 2.47. The molecule has 1 aliphatic carbocycles. The van der Waals surface area contributed by atoms with E-state index in [1.165, 1.54) is 0 Å². The van der Waals surface area contributed by atoms with Crippen LogP contribution in [0.25, 0.3) is 0 Å². The molecular formula is C13H21NO6. The minimum absolute atomic E-state index is 0.0561. The molecule has 0 radical (unpaired) electrons. The number of carbonyl (C=O) groups excluding carboxylic acids is 3. The second kappa shape index (κ2) is 6.11. The minimum Gasteiger partial charge on any atom is -0.466 e. The number of nitrogens with zero attached hydrogens (tertiary/aromatic N) is 1. The van der Waals surface area contributed by atoms with Crippen molar-refractivity contribution in [1.82, 2.24) is 5.06 Å². The molecule has 1 rings (SSSR count). The molecule has 0 atom stereocenters. The van der Waals surface area contributed by atoms with Crippen molar-refractivity contribution in [2.75, 3.05) is 13.2 Å². The molecule has 7 nitrogen and oxygen atoms in total. The largest absolute Gasteiger partial charge is 0.466 e. The standard InChI is InChI=1S/C13H21NO6/c1-5-18-10(16)13(6-7-13)8-14(19-9-15)11(17)20-12(2,3)4/h9H,5-8H2,1-4H3. The van der Waals surface area contributed by atoms with Gasteiger partial charge in [-0.05, 0) is 40.5 Å². The fourth-order valence-electron chi connectivity index (χ4n) is 1.65. The highest BCUT2D eigenvalue weighted by molar-refractivity contribution is 5.81. The summed E-state index contributed by atoms with van der Waals surface area (Å²) in [6, 6.07) is 0. The van der Waals surface area contributed by atoms with Crippen LogP contribution in [0, 0.1) is 5.41 Å². The third-order valence-corrected chi connectivity index (χ3v) is 2.78. The van der Waals surface area contributed by atoms with Crippen LogP contribution in [0.1, 0.15) is 40.5 Å². The summed E-state index contributed by atoms with van der Waals surface area (Å²) in [5.74, 6) is -0.386. The van der Waals surface area contributed by atoms with Crippen LogP contribution < -0.4 is 0 Å². The van der Waals surface area contributed by atoms with Crippen molar-refractivity contribution in [2.24, 2.45) is 5.41 Å². The SMILES string of the molecule is CCOC(=O)C1(CN(OC=O)C(=O)OC(C)(C)C)CC1. The molecule has 20 heavy (non-hydrogen) atoms. The molecule has 0 unspecified atom stereocenters. The molecule has 1 aliphatic rings. The molecule has 7 heteroatoms. The van der Waals surface area contributed by atoms with Crippen molar-refractivity contribution >= 4 is 18.5 Å². The number of esters is 1. The topological polar surface area (TPSA) is 82.1 Å². The Morgan fingerprint density at radius 2 is 1.90 bits per heavy atom. The second-order valence-corrected chi connectivity index (χ2v) is 5.72. The van der Waals surface area contributed by atoms with Crippen LogP contribution in [0.2, 0.25) is 0 Å². The summed E-state index contributed by atoms with van der Waals surface area (Å²) in [5, 5.41) is 0.766. The van der Waals surface area contributed by atoms with Crippen molar-refractivity contribution in [3.8, 4) is 0 Å².